The number of esters is 1. The lowest BCUT2D eigenvalue weighted by atomic mass is 10.1. The topological polar surface area (TPSA) is 77.2 Å². The highest BCUT2D eigenvalue weighted by atomic mass is 32.1. The number of methoxy groups -OCH3 is 1. The van der Waals surface area contributed by atoms with Crippen LogP contribution in [0.5, 0.6) is 0 Å². The second-order valence-electron chi connectivity index (χ2n) is 4.51. The molecule has 0 amide bonds. The third-order valence-electron chi connectivity index (χ3n) is 3.09. The molecule has 0 spiro atoms. The summed E-state index contributed by atoms with van der Waals surface area (Å²) in [4.78, 5) is 11.6. The van der Waals surface area contributed by atoms with Crippen LogP contribution in [0.15, 0.2) is 18.2 Å². The fraction of sp³-hybridized carbons (Fsp3) is 0.286. The van der Waals surface area contributed by atoms with E-state index in [1.807, 2.05) is 6.92 Å². The minimum atomic E-state index is -0.512. The van der Waals surface area contributed by atoms with E-state index in [-0.39, 0.29) is 17.2 Å². The van der Waals surface area contributed by atoms with Crippen LogP contribution in [0.2, 0.25) is 0 Å². The molecule has 5 nitrogen and oxygen atoms in total. The summed E-state index contributed by atoms with van der Waals surface area (Å²) in [5, 5.41) is 3.70. The maximum atomic E-state index is 13.0. The number of nitrogen functional groups attached to an aromatic ring is 1. The predicted octanol–water partition coefficient (Wildman–Crippen LogP) is 2.61. The zero-order chi connectivity index (χ0) is 15.4. The fourth-order valence-electron chi connectivity index (χ4n) is 1.97. The lowest BCUT2D eigenvalue weighted by molar-refractivity contribution is 0.0603. The van der Waals surface area contributed by atoms with Gasteiger partial charge in [-0.1, -0.05) is 6.07 Å². The first-order valence-electron chi connectivity index (χ1n) is 6.35. The molecule has 1 aromatic heterocycles. The van der Waals surface area contributed by atoms with E-state index in [1.165, 1.54) is 19.2 Å². The molecule has 0 saturated heterocycles. The third-order valence-corrected chi connectivity index (χ3v) is 3.91. The number of nitrogens with zero attached hydrogens (tertiary/aromatic N) is 1. The van der Waals surface area contributed by atoms with E-state index in [0.717, 1.165) is 22.7 Å². The number of rotatable bonds is 5. The largest absolute Gasteiger partial charge is 0.465 e. The number of aryl methyl sites for hydroxylation is 1. The fourth-order valence-corrected chi connectivity index (χ4v) is 2.70. The molecular weight excluding hydrogens is 293 g/mol. The molecule has 1 aromatic carbocycles. The molecule has 0 fully saturated rings. The minimum Gasteiger partial charge on any atom is -0.465 e. The number of ether oxygens (including phenoxy) is 1. The normalized spacial score (nSPS) is 10.4. The summed E-state index contributed by atoms with van der Waals surface area (Å²) in [6.45, 7) is 2.45. The number of benzene rings is 1. The van der Waals surface area contributed by atoms with E-state index in [9.17, 15) is 9.18 Å². The summed E-state index contributed by atoms with van der Waals surface area (Å²) < 4.78 is 21.7. The molecule has 2 rings (SSSR count). The van der Waals surface area contributed by atoms with Crippen molar-refractivity contribution in [3.63, 3.8) is 0 Å². The van der Waals surface area contributed by atoms with Gasteiger partial charge in [-0.2, -0.15) is 4.37 Å². The van der Waals surface area contributed by atoms with Crippen LogP contribution in [0.4, 0.5) is 15.2 Å². The molecule has 0 unspecified atom stereocenters. The maximum absolute atomic E-state index is 13.0. The summed E-state index contributed by atoms with van der Waals surface area (Å²) in [6, 6.07) is 4.70. The number of nitrogens with two attached hydrogens (primary N) is 1. The molecule has 21 heavy (non-hydrogen) atoms. The Morgan fingerprint density at radius 1 is 1.52 bits per heavy atom. The molecule has 7 heteroatoms. The summed E-state index contributed by atoms with van der Waals surface area (Å²) in [5.74, 6) is -0.596. The highest BCUT2D eigenvalue weighted by Crippen LogP contribution is 2.27. The van der Waals surface area contributed by atoms with Crippen molar-refractivity contribution in [1.82, 2.24) is 4.37 Å². The summed E-state index contributed by atoms with van der Waals surface area (Å²) in [7, 11) is 1.30. The molecular formula is C14H16FN3O2S. The van der Waals surface area contributed by atoms with Gasteiger partial charge in [0.25, 0.3) is 0 Å². The minimum absolute atomic E-state index is 0.160. The van der Waals surface area contributed by atoms with Crippen molar-refractivity contribution in [3.05, 3.63) is 40.7 Å². The monoisotopic (exact) mass is 309 g/mol. The van der Waals surface area contributed by atoms with Gasteiger partial charge in [-0.15, -0.1) is 0 Å². The number of halogens is 1. The van der Waals surface area contributed by atoms with Crippen molar-refractivity contribution < 1.29 is 13.9 Å². The smallest absolute Gasteiger partial charge is 0.344 e. The number of nitrogens with one attached hydrogen (secondary N) is 1. The van der Waals surface area contributed by atoms with Crippen LogP contribution in [0.3, 0.4) is 0 Å². The molecule has 3 N–H and O–H groups in total. The third kappa shape index (κ3) is 3.49. The molecule has 0 aliphatic carbocycles. The Balaban J connectivity index is 2.02. The van der Waals surface area contributed by atoms with Gasteiger partial charge < -0.3 is 15.8 Å². The van der Waals surface area contributed by atoms with Gasteiger partial charge in [0.1, 0.15) is 16.4 Å². The SMILES string of the molecule is COC(=O)c1c(N)nsc1NCCc1ccc(F)cc1C. The van der Waals surface area contributed by atoms with Gasteiger partial charge in [-0.3, -0.25) is 0 Å². The van der Waals surface area contributed by atoms with E-state index in [0.29, 0.717) is 18.0 Å². The quantitative estimate of drug-likeness (QED) is 0.830. The van der Waals surface area contributed by atoms with Crippen LogP contribution in [-0.4, -0.2) is 24.0 Å². The first-order chi connectivity index (χ1) is 10.0. The summed E-state index contributed by atoms with van der Waals surface area (Å²) in [6.07, 6.45) is 0.699. The molecule has 0 radical (unpaired) electrons. The van der Waals surface area contributed by atoms with Crippen LogP contribution in [-0.2, 0) is 11.2 Å². The number of hydrogen-bond acceptors (Lipinski definition) is 6. The van der Waals surface area contributed by atoms with E-state index in [4.69, 9.17) is 5.73 Å². The van der Waals surface area contributed by atoms with Crippen molar-refractivity contribution >= 4 is 28.3 Å². The Morgan fingerprint density at radius 2 is 2.29 bits per heavy atom. The van der Waals surface area contributed by atoms with Gasteiger partial charge in [0.05, 0.1) is 7.11 Å². The van der Waals surface area contributed by atoms with E-state index >= 15 is 0 Å². The Labute approximate surface area is 126 Å². The second-order valence-corrected chi connectivity index (χ2v) is 5.28. The van der Waals surface area contributed by atoms with Crippen molar-refractivity contribution in [2.75, 3.05) is 24.7 Å². The molecule has 0 bridgehead atoms. The summed E-state index contributed by atoms with van der Waals surface area (Å²) in [5.41, 5.74) is 7.86. The Kier molecular flexibility index (Phi) is 4.74. The molecule has 1 heterocycles. The van der Waals surface area contributed by atoms with Crippen LogP contribution >= 0.6 is 11.5 Å². The van der Waals surface area contributed by atoms with Crippen LogP contribution in [0.25, 0.3) is 0 Å². The van der Waals surface area contributed by atoms with Gasteiger partial charge >= 0.3 is 5.97 Å². The summed E-state index contributed by atoms with van der Waals surface area (Å²) >= 11 is 1.11. The lowest BCUT2D eigenvalue weighted by Crippen LogP contribution is -2.10. The molecule has 0 aliphatic rings. The van der Waals surface area contributed by atoms with Gasteiger partial charge in [0.15, 0.2) is 5.82 Å². The molecule has 0 atom stereocenters. The molecule has 0 saturated carbocycles. The van der Waals surface area contributed by atoms with E-state index < -0.39 is 5.97 Å². The van der Waals surface area contributed by atoms with Crippen molar-refractivity contribution in [1.29, 1.82) is 0 Å². The van der Waals surface area contributed by atoms with E-state index in [1.54, 1.807) is 6.07 Å². The number of carbonyl (C=O) groups is 1. The van der Waals surface area contributed by atoms with Crippen molar-refractivity contribution in [2.24, 2.45) is 0 Å². The maximum Gasteiger partial charge on any atom is 0.344 e. The number of hydrogen-bond donors (Lipinski definition) is 2. The molecule has 0 aliphatic heterocycles. The Morgan fingerprint density at radius 3 is 2.95 bits per heavy atom. The first kappa shape index (κ1) is 15.2. The Bertz CT molecular complexity index is 658. The van der Waals surface area contributed by atoms with Gasteiger partial charge in [0.2, 0.25) is 0 Å². The van der Waals surface area contributed by atoms with E-state index in [2.05, 4.69) is 14.4 Å². The standard InChI is InChI=1S/C14H16FN3O2S/c1-8-7-10(15)4-3-9(8)5-6-17-13-11(14(19)20-2)12(16)18-21-13/h3-4,7,17H,5-6H2,1-2H3,(H2,16,18). The van der Waals surface area contributed by atoms with Crippen LogP contribution in [0.1, 0.15) is 21.5 Å². The average molecular weight is 309 g/mol. The predicted molar refractivity (Wildman–Crippen MR) is 81.2 cm³/mol. The first-order valence-corrected chi connectivity index (χ1v) is 7.12. The number of carbonyl (C=O) groups excluding carboxylic acids is 1. The van der Waals surface area contributed by atoms with Crippen molar-refractivity contribution in [2.45, 2.75) is 13.3 Å². The number of anilines is 2. The van der Waals surface area contributed by atoms with Gasteiger partial charge in [0, 0.05) is 6.54 Å². The second kappa shape index (κ2) is 6.53. The lowest BCUT2D eigenvalue weighted by Gasteiger charge is -2.08. The van der Waals surface area contributed by atoms with Gasteiger partial charge in [-0.25, -0.2) is 9.18 Å². The molecule has 2 aromatic rings. The highest BCUT2D eigenvalue weighted by molar-refractivity contribution is 7.11. The zero-order valence-corrected chi connectivity index (χ0v) is 12.6. The zero-order valence-electron chi connectivity index (χ0n) is 11.8. The molecule has 112 valence electrons. The average Bonchev–Trinajstić information content (AvgIpc) is 2.81. The highest BCUT2D eigenvalue weighted by Gasteiger charge is 2.19. The van der Waals surface area contributed by atoms with Crippen LogP contribution in [0, 0.1) is 12.7 Å². The van der Waals surface area contributed by atoms with Crippen molar-refractivity contribution in [3.8, 4) is 0 Å². The van der Waals surface area contributed by atoms with Gasteiger partial charge in [-0.05, 0) is 48.1 Å². The van der Waals surface area contributed by atoms with Crippen LogP contribution < -0.4 is 11.1 Å². The number of aromatic nitrogens is 1. The Hall–Kier alpha value is -2.15.